The second kappa shape index (κ2) is 15.5. The molecule has 0 saturated carbocycles. The molecule has 27 heavy (non-hydrogen) atoms. The molecule has 156 valence electrons. The third kappa shape index (κ3) is 10.6. The van der Waals surface area contributed by atoms with E-state index in [4.69, 9.17) is 9.47 Å². The molecule has 1 atom stereocenters. The lowest BCUT2D eigenvalue weighted by Crippen LogP contribution is -2.44. The number of piperidine rings is 1. The van der Waals surface area contributed by atoms with Crippen LogP contribution in [0.5, 0.6) is 0 Å². The summed E-state index contributed by atoms with van der Waals surface area (Å²) in [5, 5.41) is 9.01. The minimum absolute atomic E-state index is 0. The molecule has 1 unspecified atom stereocenters. The molecular formula is C19H35IN4O2S. The summed E-state index contributed by atoms with van der Waals surface area (Å²) in [5.74, 6) is 1.57. The molecule has 0 amide bonds. The Bertz CT molecular complexity index is 502. The van der Waals surface area contributed by atoms with Crippen molar-refractivity contribution in [2.45, 2.75) is 25.8 Å². The summed E-state index contributed by atoms with van der Waals surface area (Å²) in [6.45, 7) is 7.36. The fraction of sp³-hybridized carbons (Fsp3) is 0.737. The topological polar surface area (TPSA) is 58.1 Å². The summed E-state index contributed by atoms with van der Waals surface area (Å²) in [4.78, 5) is 8.36. The minimum atomic E-state index is 0. The fourth-order valence-corrected chi connectivity index (χ4v) is 3.92. The van der Waals surface area contributed by atoms with Crippen molar-refractivity contribution in [1.82, 2.24) is 15.5 Å². The molecular weight excluding hydrogens is 475 g/mol. The molecule has 0 bridgehead atoms. The number of nitrogens with zero attached hydrogens (tertiary/aromatic N) is 2. The Labute approximate surface area is 185 Å². The van der Waals surface area contributed by atoms with Gasteiger partial charge < -0.3 is 20.1 Å². The molecule has 2 N–H and O–H groups in total. The number of rotatable bonds is 11. The first-order valence-electron chi connectivity index (χ1n) is 9.57. The lowest BCUT2D eigenvalue weighted by atomic mass is 9.98. The van der Waals surface area contributed by atoms with E-state index >= 15 is 0 Å². The second-order valence-corrected chi connectivity index (χ2v) is 7.69. The zero-order valence-corrected chi connectivity index (χ0v) is 19.8. The first kappa shape index (κ1) is 24.6. The van der Waals surface area contributed by atoms with Gasteiger partial charge in [-0.1, -0.05) is 6.07 Å². The Morgan fingerprint density at radius 1 is 1.33 bits per heavy atom. The van der Waals surface area contributed by atoms with Gasteiger partial charge in [0, 0.05) is 51.8 Å². The van der Waals surface area contributed by atoms with Crippen LogP contribution in [0.4, 0.5) is 0 Å². The molecule has 1 aliphatic rings. The highest BCUT2D eigenvalue weighted by Gasteiger charge is 2.20. The second-order valence-electron chi connectivity index (χ2n) is 6.66. The normalized spacial score (nSPS) is 18.1. The average molecular weight is 510 g/mol. The SMILES string of the molecule is CN=C(NCCCOCCOC)NCC1CCCN(Cc2cccs2)C1.I. The summed E-state index contributed by atoms with van der Waals surface area (Å²) in [6.07, 6.45) is 3.53. The molecule has 6 nitrogen and oxygen atoms in total. The van der Waals surface area contributed by atoms with E-state index < -0.39 is 0 Å². The van der Waals surface area contributed by atoms with E-state index in [-0.39, 0.29) is 24.0 Å². The summed E-state index contributed by atoms with van der Waals surface area (Å²) in [5.41, 5.74) is 0. The number of hydrogen-bond acceptors (Lipinski definition) is 5. The van der Waals surface area contributed by atoms with Gasteiger partial charge in [-0.3, -0.25) is 9.89 Å². The predicted octanol–water partition coefficient (Wildman–Crippen LogP) is 2.80. The molecule has 1 aromatic rings. The van der Waals surface area contributed by atoms with E-state index in [0.717, 1.165) is 45.2 Å². The summed E-state index contributed by atoms with van der Waals surface area (Å²) >= 11 is 1.85. The van der Waals surface area contributed by atoms with Crippen LogP contribution in [0.15, 0.2) is 22.5 Å². The van der Waals surface area contributed by atoms with Crippen LogP contribution in [0.1, 0.15) is 24.1 Å². The predicted molar refractivity (Wildman–Crippen MR) is 124 cm³/mol. The van der Waals surface area contributed by atoms with E-state index in [1.54, 1.807) is 7.11 Å². The Morgan fingerprint density at radius 3 is 2.96 bits per heavy atom. The molecule has 8 heteroatoms. The van der Waals surface area contributed by atoms with Gasteiger partial charge in [-0.15, -0.1) is 35.3 Å². The average Bonchev–Trinajstić information content (AvgIpc) is 3.17. The maximum atomic E-state index is 5.47. The zero-order chi connectivity index (χ0) is 18.5. The van der Waals surface area contributed by atoms with Gasteiger partial charge in [-0.2, -0.15) is 0 Å². The third-order valence-electron chi connectivity index (χ3n) is 4.53. The highest BCUT2D eigenvalue weighted by molar-refractivity contribution is 14.0. The van der Waals surface area contributed by atoms with Crippen LogP contribution in [-0.4, -0.2) is 71.0 Å². The Kier molecular flexibility index (Phi) is 14.1. The largest absolute Gasteiger partial charge is 0.382 e. The molecule has 0 spiro atoms. The van der Waals surface area contributed by atoms with Gasteiger partial charge in [-0.25, -0.2) is 0 Å². The molecule has 2 heterocycles. The van der Waals surface area contributed by atoms with E-state index in [1.165, 1.54) is 24.3 Å². The molecule has 1 fully saturated rings. The molecule has 0 aliphatic carbocycles. The van der Waals surface area contributed by atoms with Crippen molar-refractivity contribution in [3.8, 4) is 0 Å². The highest BCUT2D eigenvalue weighted by atomic mass is 127. The van der Waals surface area contributed by atoms with E-state index in [0.29, 0.717) is 19.1 Å². The van der Waals surface area contributed by atoms with Crippen LogP contribution in [-0.2, 0) is 16.0 Å². The van der Waals surface area contributed by atoms with Crippen LogP contribution in [0, 0.1) is 5.92 Å². The fourth-order valence-electron chi connectivity index (χ4n) is 3.17. The minimum Gasteiger partial charge on any atom is -0.382 e. The van der Waals surface area contributed by atoms with Crippen molar-refractivity contribution < 1.29 is 9.47 Å². The van der Waals surface area contributed by atoms with Crippen LogP contribution in [0.2, 0.25) is 0 Å². The first-order valence-corrected chi connectivity index (χ1v) is 10.5. The Morgan fingerprint density at radius 2 is 2.22 bits per heavy atom. The number of nitrogens with one attached hydrogen (secondary N) is 2. The summed E-state index contributed by atoms with van der Waals surface area (Å²) in [6, 6.07) is 4.37. The smallest absolute Gasteiger partial charge is 0.190 e. The highest BCUT2D eigenvalue weighted by Crippen LogP contribution is 2.19. The lowest BCUT2D eigenvalue weighted by Gasteiger charge is -2.32. The van der Waals surface area contributed by atoms with Crippen molar-refractivity contribution in [1.29, 1.82) is 0 Å². The van der Waals surface area contributed by atoms with Gasteiger partial charge in [0.15, 0.2) is 5.96 Å². The van der Waals surface area contributed by atoms with E-state index in [1.807, 2.05) is 18.4 Å². The quantitative estimate of drug-likeness (QED) is 0.208. The monoisotopic (exact) mass is 510 g/mol. The molecule has 0 aromatic carbocycles. The van der Waals surface area contributed by atoms with Crippen molar-refractivity contribution in [2.24, 2.45) is 10.9 Å². The zero-order valence-electron chi connectivity index (χ0n) is 16.6. The van der Waals surface area contributed by atoms with E-state index in [2.05, 4.69) is 38.0 Å². The number of methoxy groups -OCH3 is 1. The van der Waals surface area contributed by atoms with Crippen LogP contribution < -0.4 is 10.6 Å². The van der Waals surface area contributed by atoms with Gasteiger partial charge in [0.2, 0.25) is 0 Å². The van der Waals surface area contributed by atoms with Crippen LogP contribution >= 0.6 is 35.3 Å². The number of guanidine groups is 1. The van der Waals surface area contributed by atoms with Gasteiger partial charge >= 0.3 is 0 Å². The number of halogens is 1. The molecule has 1 saturated heterocycles. The summed E-state index contributed by atoms with van der Waals surface area (Å²) in [7, 11) is 3.52. The summed E-state index contributed by atoms with van der Waals surface area (Å²) < 4.78 is 10.4. The van der Waals surface area contributed by atoms with Crippen LogP contribution in [0.3, 0.4) is 0 Å². The van der Waals surface area contributed by atoms with Crippen molar-refractivity contribution in [3.63, 3.8) is 0 Å². The van der Waals surface area contributed by atoms with Crippen molar-refractivity contribution in [2.75, 3.05) is 60.2 Å². The number of ether oxygens (including phenoxy) is 2. The van der Waals surface area contributed by atoms with Gasteiger partial charge in [0.25, 0.3) is 0 Å². The number of likely N-dealkylation sites (tertiary alicyclic amines) is 1. The Balaban J connectivity index is 0.00000364. The molecule has 2 rings (SSSR count). The maximum absolute atomic E-state index is 5.47. The van der Waals surface area contributed by atoms with Gasteiger partial charge in [0.1, 0.15) is 0 Å². The Hall–Kier alpha value is -0.420. The number of hydrogen-bond donors (Lipinski definition) is 2. The maximum Gasteiger partial charge on any atom is 0.190 e. The molecule has 0 radical (unpaired) electrons. The third-order valence-corrected chi connectivity index (χ3v) is 5.40. The first-order chi connectivity index (χ1) is 12.8. The molecule has 1 aromatic heterocycles. The number of thiophene rings is 1. The number of aliphatic imine (C=N–C) groups is 1. The molecule has 1 aliphatic heterocycles. The van der Waals surface area contributed by atoms with Gasteiger partial charge in [0.05, 0.1) is 13.2 Å². The standard InChI is InChI=1S/C19H34N4O2S.HI/c1-20-19(21-8-5-10-25-12-11-24-2)22-14-17-6-3-9-23(15-17)16-18-7-4-13-26-18;/h4,7,13,17H,3,5-6,8-12,14-16H2,1-2H3,(H2,20,21,22);1H. The van der Waals surface area contributed by atoms with Gasteiger partial charge in [-0.05, 0) is 43.2 Å². The lowest BCUT2D eigenvalue weighted by molar-refractivity contribution is 0.0698. The van der Waals surface area contributed by atoms with Crippen molar-refractivity contribution in [3.05, 3.63) is 22.4 Å². The van der Waals surface area contributed by atoms with E-state index in [9.17, 15) is 0 Å². The van der Waals surface area contributed by atoms with Crippen molar-refractivity contribution >= 4 is 41.3 Å². The van der Waals surface area contributed by atoms with Crippen LogP contribution in [0.25, 0.3) is 0 Å².